The fourth-order valence-corrected chi connectivity index (χ4v) is 4.50. The number of nitrogens with one attached hydrogen (secondary N) is 1. The summed E-state index contributed by atoms with van der Waals surface area (Å²) in [4.78, 5) is 26.4. The smallest absolute Gasteiger partial charge is 0.330 e. The van der Waals surface area contributed by atoms with Crippen LogP contribution >= 0.6 is 0 Å². The lowest BCUT2D eigenvalue weighted by atomic mass is 10.1. The highest BCUT2D eigenvalue weighted by Gasteiger charge is 2.48. The Morgan fingerprint density at radius 3 is 1.82 bits per heavy atom. The van der Waals surface area contributed by atoms with E-state index in [-0.39, 0.29) is 19.8 Å². The molecule has 1 aromatic heterocycles. The summed E-state index contributed by atoms with van der Waals surface area (Å²) < 4.78 is 40.2. The zero-order valence-corrected chi connectivity index (χ0v) is 21.2. The highest BCUT2D eigenvalue weighted by molar-refractivity contribution is 5.15. The maximum atomic E-state index is 14.3. The first kappa shape index (κ1) is 26.7. The number of hydrogen-bond donors (Lipinski definition) is 1. The Labute approximate surface area is 224 Å². The number of hydrogen-bond acceptors (Lipinski definition) is 6. The van der Waals surface area contributed by atoms with Crippen molar-refractivity contribution in [3.63, 3.8) is 0 Å². The lowest BCUT2D eigenvalue weighted by molar-refractivity contribution is -0.0922. The molecule has 0 unspecified atom stereocenters. The number of rotatable bonds is 11. The third-order valence-electron chi connectivity index (χ3n) is 6.45. The zero-order valence-electron chi connectivity index (χ0n) is 21.2. The van der Waals surface area contributed by atoms with Crippen molar-refractivity contribution in [2.75, 3.05) is 6.61 Å². The Kier molecular flexibility index (Phi) is 8.75. The molecule has 4 aromatic rings. The lowest BCUT2D eigenvalue weighted by Gasteiger charge is -2.25. The van der Waals surface area contributed by atoms with Gasteiger partial charge in [0.25, 0.3) is 5.56 Å². The van der Waals surface area contributed by atoms with Gasteiger partial charge < -0.3 is 18.9 Å². The standard InChI is InChI=1S/C30H29FN2O6/c31-24-16-33(30(35)32-28(24)34)29-27(38-19-23-14-8-3-9-15-23)26(37-18-22-12-6-2-7-13-22)25(39-29)20-36-17-21-10-4-1-5-11-21/h1-16,25-27,29H,17-20H2,(H,32,34,35)/t25-,26-,27-,29+/m0/s1. The molecule has 0 aliphatic carbocycles. The van der Waals surface area contributed by atoms with Crippen molar-refractivity contribution in [3.8, 4) is 0 Å². The topological polar surface area (TPSA) is 91.8 Å². The maximum absolute atomic E-state index is 14.3. The fraction of sp³-hybridized carbons (Fsp3) is 0.267. The Hall–Kier alpha value is -3.89. The minimum Gasteiger partial charge on any atom is -0.374 e. The van der Waals surface area contributed by atoms with Gasteiger partial charge in [-0.25, -0.2) is 4.79 Å². The van der Waals surface area contributed by atoms with Gasteiger partial charge in [-0.2, -0.15) is 4.39 Å². The van der Waals surface area contributed by atoms with Crippen LogP contribution < -0.4 is 11.2 Å². The van der Waals surface area contributed by atoms with Gasteiger partial charge in [0.2, 0.25) is 5.82 Å². The Balaban J connectivity index is 1.43. The molecule has 39 heavy (non-hydrogen) atoms. The van der Waals surface area contributed by atoms with Gasteiger partial charge >= 0.3 is 5.69 Å². The number of aromatic nitrogens is 2. The molecule has 0 amide bonds. The molecule has 9 heteroatoms. The second kappa shape index (κ2) is 12.8. The van der Waals surface area contributed by atoms with E-state index < -0.39 is 41.6 Å². The molecule has 1 fully saturated rings. The largest absolute Gasteiger partial charge is 0.374 e. The molecular formula is C30H29FN2O6. The first-order valence-corrected chi connectivity index (χ1v) is 12.7. The second-order valence-corrected chi connectivity index (χ2v) is 9.23. The predicted molar refractivity (Wildman–Crippen MR) is 141 cm³/mol. The quantitative estimate of drug-likeness (QED) is 0.315. The van der Waals surface area contributed by atoms with Crippen LogP contribution in [0.4, 0.5) is 4.39 Å². The minimum atomic E-state index is -1.11. The molecule has 4 atom stereocenters. The molecule has 1 aliphatic heterocycles. The van der Waals surface area contributed by atoms with E-state index in [0.717, 1.165) is 27.5 Å². The molecule has 1 saturated heterocycles. The highest BCUT2D eigenvalue weighted by Crippen LogP contribution is 2.34. The molecule has 2 heterocycles. The third-order valence-corrected chi connectivity index (χ3v) is 6.45. The Morgan fingerprint density at radius 1 is 0.744 bits per heavy atom. The minimum absolute atomic E-state index is 0.136. The lowest BCUT2D eigenvalue weighted by Crippen LogP contribution is -2.41. The van der Waals surface area contributed by atoms with E-state index in [0.29, 0.717) is 6.61 Å². The van der Waals surface area contributed by atoms with Crippen LogP contribution in [0.5, 0.6) is 0 Å². The van der Waals surface area contributed by atoms with Gasteiger partial charge in [-0.05, 0) is 16.7 Å². The van der Waals surface area contributed by atoms with Gasteiger partial charge in [0.15, 0.2) is 6.23 Å². The Morgan fingerprint density at radius 2 is 1.26 bits per heavy atom. The average molecular weight is 533 g/mol. The van der Waals surface area contributed by atoms with Crippen molar-refractivity contribution in [1.29, 1.82) is 0 Å². The van der Waals surface area contributed by atoms with Crippen molar-refractivity contribution >= 4 is 0 Å². The average Bonchev–Trinajstić information content (AvgIpc) is 3.31. The van der Waals surface area contributed by atoms with E-state index in [1.807, 2.05) is 96.0 Å². The summed E-state index contributed by atoms with van der Waals surface area (Å²) in [5.41, 5.74) is 0.924. The van der Waals surface area contributed by atoms with Crippen molar-refractivity contribution in [1.82, 2.24) is 9.55 Å². The third kappa shape index (κ3) is 6.76. The molecule has 1 N–H and O–H groups in total. The summed E-state index contributed by atoms with van der Waals surface area (Å²) in [6.45, 7) is 0.946. The van der Waals surface area contributed by atoms with Crippen LogP contribution in [0.15, 0.2) is 107 Å². The van der Waals surface area contributed by atoms with E-state index >= 15 is 0 Å². The highest BCUT2D eigenvalue weighted by atomic mass is 19.1. The molecule has 0 saturated carbocycles. The SMILES string of the molecule is O=c1[nH]c(=O)n([C@@H]2O[C@@H](COCc3ccccc3)[C@H](OCc3ccccc3)[C@@H]2OCc2ccccc2)cc1F. The van der Waals surface area contributed by atoms with Crippen LogP contribution in [0.1, 0.15) is 22.9 Å². The molecular weight excluding hydrogens is 503 g/mol. The van der Waals surface area contributed by atoms with E-state index in [1.54, 1.807) is 0 Å². The molecule has 0 spiro atoms. The summed E-state index contributed by atoms with van der Waals surface area (Å²) in [6, 6.07) is 28.8. The van der Waals surface area contributed by atoms with Gasteiger partial charge in [-0.1, -0.05) is 91.0 Å². The van der Waals surface area contributed by atoms with Gasteiger partial charge in [0, 0.05) is 0 Å². The van der Waals surface area contributed by atoms with Crippen LogP contribution in [-0.4, -0.2) is 34.5 Å². The maximum Gasteiger partial charge on any atom is 0.330 e. The van der Waals surface area contributed by atoms with Crippen LogP contribution in [0.25, 0.3) is 0 Å². The van der Waals surface area contributed by atoms with Gasteiger partial charge in [-0.15, -0.1) is 0 Å². The number of H-pyrrole nitrogens is 1. The molecule has 202 valence electrons. The normalized spacial score (nSPS) is 20.7. The van der Waals surface area contributed by atoms with Gasteiger partial charge in [0.05, 0.1) is 32.6 Å². The number of nitrogens with zero attached hydrogens (tertiary/aromatic N) is 1. The second-order valence-electron chi connectivity index (χ2n) is 9.23. The first-order chi connectivity index (χ1) is 19.1. The van der Waals surface area contributed by atoms with Crippen LogP contribution in [0.2, 0.25) is 0 Å². The van der Waals surface area contributed by atoms with Crippen molar-refractivity contribution in [3.05, 3.63) is 141 Å². The van der Waals surface area contributed by atoms with Crippen molar-refractivity contribution < 1.29 is 23.3 Å². The summed E-state index contributed by atoms with van der Waals surface area (Å²) in [5, 5.41) is 0. The summed E-state index contributed by atoms with van der Waals surface area (Å²) in [5.74, 6) is -1.11. The molecule has 5 rings (SSSR count). The van der Waals surface area contributed by atoms with E-state index in [4.69, 9.17) is 18.9 Å². The van der Waals surface area contributed by atoms with Crippen molar-refractivity contribution in [2.45, 2.75) is 44.4 Å². The molecule has 1 aliphatic rings. The van der Waals surface area contributed by atoms with Gasteiger partial charge in [0.1, 0.15) is 18.3 Å². The van der Waals surface area contributed by atoms with Crippen LogP contribution in [-0.2, 0) is 38.8 Å². The predicted octanol–water partition coefficient (Wildman–Crippen LogP) is 3.96. The monoisotopic (exact) mass is 532 g/mol. The van der Waals surface area contributed by atoms with Crippen LogP contribution in [0.3, 0.4) is 0 Å². The zero-order chi connectivity index (χ0) is 27.0. The summed E-state index contributed by atoms with van der Waals surface area (Å²) in [7, 11) is 0. The number of halogens is 1. The summed E-state index contributed by atoms with van der Waals surface area (Å²) in [6.07, 6.45) is -2.37. The fourth-order valence-electron chi connectivity index (χ4n) is 4.50. The van der Waals surface area contributed by atoms with E-state index in [2.05, 4.69) is 0 Å². The van der Waals surface area contributed by atoms with Crippen LogP contribution in [0, 0.1) is 5.82 Å². The van der Waals surface area contributed by atoms with Gasteiger partial charge in [-0.3, -0.25) is 14.3 Å². The molecule has 8 nitrogen and oxygen atoms in total. The van der Waals surface area contributed by atoms with Crippen molar-refractivity contribution in [2.24, 2.45) is 0 Å². The molecule has 3 aromatic carbocycles. The van der Waals surface area contributed by atoms with E-state index in [1.165, 1.54) is 0 Å². The molecule has 0 radical (unpaired) electrons. The number of ether oxygens (including phenoxy) is 4. The Bertz CT molecular complexity index is 1450. The van der Waals surface area contributed by atoms with E-state index in [9.17, 15) is 14.0 Å². The number of benzene rings is 3. The summed E-state index contributed by atoms with van der Waals surface area (Å²) >= 11 is 0. The molecule has 0 bridgehead atoms. The first-order valence-electron chi connectivity index (χ1n) is 12.7. The number of aromatic amines is 1.